The van der Waals surface area contributed by atoms with Crippen molar-refractivity contribution >= 4 is 5.69 Å². The summed E-state index contributed by atoms with van der Waals surface area (Å²) in [7, 11) is 0. The van der Waals surface area contributed by atoms with Crippen molar-refractivity contribution < 1.29 is 4.74 Å². The maximum absolute atomic E-state index is 5.92. The Morgan fingerprint density at radius 3 is 2.38 bits per heavy atom. The van der Waals surface area contributed by atoms with Crippen molar-refractivity contribution in [3.63, 3.8) is 0 Å². The lowest BCUT2D eigenvalue weighted by molar-refractivity contribution is 0.306. The minimum atomic E-state index is 0.592. The zero-order valence-corrected chi connectivity index (χ0v) is 14.3. The zero-order valence-electron chi connectivity index (χ0n) is 14.3. The molecule has 0 aliphatic rings. The average Bonchev–Trinajstić information content (AvgIpc) is 2.61. The largest absolute Gasteiger partial charge is 0.489 e. The number of ether oxygens (including phenoxy) is 1. The Kier molecular flexibility index (Phi) is 5.17. The Hall–Kier alpha value is -2.74. The van der Waals surface area contributed by atoms with E-state index in [4.69, 9.17) is 4.74 Å². The molecule has 0 radical (unpaired) electrons. The van der Waals surface area contributed by atoms with Crippen molar-refractivity contribution in [2.75, 3.05) is 5.32 Å². The van der Waals surface area contributed by atoms with Crippen LogP contribution in [-0.4, -0.2) is 0 Å². The minimum absolute atomic E-state index is 0.592. The third kappa shape index (κ3) is 4.39. The number of benzene rings is 3. The van der Waals surface area contributed by atoms with Gasteiger partial charge in [0.05, 0.1) is 0 Å². The summed E-state index contributed by atoms with van der Waals surface area (Å²) in [6, 6.07) is 25.0. The van der Waals surface area contributed by atoms with Gasteiger partial charge >= 0.3 is 0 Å². The van der Waals surface area contributed by atoms with Gasteiger partial charge in [-0.25, -0.2) is 0 Å². The molecule has 0 atom stereocenters. The molecule has 0 aromatic heterocycles. The Bertz CT molecular complexity index is 793. The summed E-state index contributed by atoms with van der Waals surface area (Å²) in [5.74, 6) is 0.902. The molecule has 0 spiro atoms. The third-order valence-corrected chi connectivity index (χ3v) is 4.05. The van der Waals surface area contributed by atoms with Crippen molar-refractivity contribution in [1.82, 2.24) is 0 Å². The topological polar surface area (TPSA) is 21.3 Å². The fourth-order valence-electron chi connectivity index (χ4n) is 2.56. The highest BCUT2D eigenvalue weighted by Crippen LogP contribution is 2.18. The first kappa shape index (κ1) is 16.1. The number of hydrogen-bond acceptors (Lipinski definition) is 2. The van der Waals surface area contributed by atoms with Gasteiger partial charge in [0.1, 0.15) is 12.4 Å². The molecule has 2 heteroatoms. The molecule has 3 aromatic rings. The maximum Gasteiger partial charge on any atom is 0.120 e. The molecule has 0 amide bonds. The summed E-state index contributed by atoms with van der Waals surface area (Å²) in [6.07, 6.45) is 0. The van der Waals surface area contributed by atoms with E-state index >= 15 is 0 Å². The lowest BCUT2D eigenvalue weighted by Crippen LogP contribution is -2.01. The average molecular weight is 317 g/mol. The van der Waals surface area contributed by atoms with Gasteiger partial charge < -0.3 is 10.1 Å². The lowest BCUT2D eigenvalue weighted by atomic mass is 10.1. The molecule has 122 valence electrons. The molecule has 1 N–H and O–H groups in total. The normalized spacial score (nSPS) is 10.4. The zero-order chi connectivity index (χ0) is 16.8. The Labute approximate surface area is 144 Å². The highest BCUT2D eigenvalue weighted by atomic mass is 16.5. The molecule has 0 saturated heterocycles. The van der Waals surface area contributed by atoms with Crippen LogP contribution in [0.3, 0.4) is 0 Å². The number of para-hydroxylation sites is 1. The second-order valence-corrected chi connectivity index (χ2v) is 6.09. The molecule has 0 fully saturated rings. The van der Waals surface area contributed by atoms with E-state index in [9.17, 15) is 0 Å². The Morgan fingerprint density at radius 2 is 1.58 bits per heavy atom. The van der Waals surface area contributed by atoms with Gasteiger partial charge in [-0.1, -0.05) is 60.2 Å². The maximum atomic E-state index is 5.92. The molecule has 24 heavy (non-hydrogen) atoms. The van der Waals surface area contributed by atoms with Crippen LogP contribution in [0.2, 0.25) is 0 Å². The van der Waals surface area contributed by atoms with Crippen molar-refractivity contribution in [1.29, 1.82) is 0 Å². The summed E-state index contributed by atoms with van der Waals surface area (Å²) in [6.45, 7) is 5.58. The van der Waals surface area contributed by atoms with E-state index in [1.165, 1.54) is 27.9 Å². The predicted molar refractivity (Wildman–Crippen MR) is 100 cm³/mol. The Morgan fingerprint density at radius 1 is 0.792 bits per heavy atom. The van der Waals surface area contributed by atoms with E-state index in [-0.39, 0.29) is 0 Å². The summed E-state index contributed by atoms with van der Waals surface area (Å²) >= 11 is 0. The predicted octanol–water partition coefficient (Wildman–Crippen LogP) is 5.49. The molecule has 0 unspecified atom stereocenters. The van der Waals surface area contributed by atoms with Crippen LogP contribution in [0.5, 0.6) is 5.75 Å². The summed E-state index contributed by atoms with van der Waals surface area (Å²) < 4.78 is 5.92. The monoisotopic (exact) mass is 317 g/mol. The van der Waals surface area contributed by atoms with Gasteiger partial charge in [-0.15, -0.1) is 0 Å². The molecule has 3 rings (SSSR count). The van der Waals surface area contributed by atoms with Gasteiger partial charge in [0, 0.05) is 12.2 Å². The minimum Gasteiger partial charge on any atom is -0.489 e. The number of anilines is 1. The van der Waals surface area contributed by atoms with Gasteiger partial charge in [0.2, 0.25) is 0 Å². The first-order chi connectivity index (χ1) is 11.7. The number of nitrogens with one attached hydrogen (secondary N) is 1. The fourth-order valence-corrected chi connectivity index (χ4v) is 2.56. The Balaban J connectivity index is 1.59. The van der Waals surface area contributed by atoms with E-state index < -0.39 is 0 Å². The SMILES string of the molecule is Cc1ccc(COc2cccc(CNc3ccccc3C)c2)cc1. The van der Waals surface area contributed by atoms with Crippen molar-refractivity contribution in [2.24, 2.45) is 0 Å². The highest BCUT2D eigenvalue weighted by molar-refractivity contribution is 5.50. The molecular formula is C22H23NO. The van der Waals surface area contributed by atoms with Crippen LogP contribution in [0.15, 0.2) is 72.8 Å². The van der Waals surface area contributed by atoms with Gasteiger partial charge in [-0.05, 0) is 48.7 Å². The van der Waals surface area contributed by atoms with Crippen LogP contribution in [0.25, 0.3) is 0 Å². The summed E-state index contributed by atoms with van der Waals surface area (Å²) in [5.41, 5.74) is 6.08. The number of hydrogen-bond donors (Lipinski definition) is 1. The van der Waals surface area contributed by atoms with E-state index in [1.54, 1.807) is 0 Å². The van der Waals surface area contributed by atoms with Crippen LogP contribution in [0, 0.1) is 13.8 Å². The van der Waals surface area contributed by atoms with Crippen LogP contribution in [-0.2, 0) is 13.2 Å². The molecular weight excluding hydrogens is 294 g/mol. The van der Waals surface area contributed by atoms with Gasteiger partial charge in [-0.3, -0.25) is 0 Å². The van der Waals surface area contributed by atoms with Crippen molar-refractivity contribution in [2.45, 2.75) is 27.0 Å². The molecule has 0 bridgehead atoms. The number of aryl methyl sites for hydroxylation is 2. The molecule has 0 heterocycles. The number of rotatable bonds is 6. The second-order valence-electron chi connectivity index (χ2n) is 6.09. The van der Waals surface area contributed by atoms with Crippen molar-refractivity contribution in [3.05, 3.63) is 95.1 Å². The van der Waals surface area contributed by atoms with Crippen LogP contribution in [0.4, 0.5) is 5.69 Å². The van der Waals surface area contributed by atoms with E-state index in [1.807, 2.05) is 12.1 Å². The quantitative estimate of drug-likeness (QED) is 0.648. The standard InChI is InChI=1S/C22H23NO/c1-17-10-12-19(13-11-17)16-24-21-8-5-7-20(14-21)15-23-22-9-4-3-6-18(22)2/h3-14,23H,15-16H2,1-2H3. The molecule has 0 aliphatic carbocycles. The van der Waals surface area contributed by atoms with E-state index in [0.717, 1.165) is 12.3 Å². The summed E-state index contributed by atoms with van der Waals surface area (Å²) in [5, 5.41) is 3.48. The first-order valence-electron chi connectivity index (χ1n) is 8.27. The third-order valence-electron chi connectivity index (χ3n) is 4.05. The summed E-state index contributed by atoms with van der Waals surface area (Å²) in [4.78, 5) is 0. The molecule has 0 aliphatic heterocycles. The smallest absolute Gasteiger partial charge is 0.120 e. The molecule has 0 saturated carbocycles. The highest BCUT2D eigenvalue weighted by Gasteiger charge is 2.00. The molecule has 3 aromatic carbocycles. The van der Waals surface area contributed by atoms with E-state index in [0.29, 0.717) is 6.61 Å². The fraction of sp³-hybridized carbons (Fsp3) is 0.182. The second kappa shape index (κ2) is 7.69. The van der Waals surface area contributed by atoms with Crippen LogP contribution >= 0.6 is 0 Å². The van der Waals surface area contributed by atoms with Gasteiger partial charge in [-0.2, -0.15) is 0 Å². The van der Waals surface area contributed by atoms with Gasteiger partial charge in [0.15, 0.2) is 0 Å². The lowest BCUT2D eigenvalue weighted by Gasteiger charge is -2.11. The van der Waals surface area contributed by atoms with Gasteiger partial charge in [0.25, 0.3) is 0 Å². The van der Waals surface area contributed by atoms with Crippen LogP contribution < -0.4 is 10.1 Å². The first-order valence-corrected chi connectivity index (χ1v) is 8.27. The van der Waals surface area contributed by atoms with Crippen LogP contribution in [0.1, 0.15) is 22.3 Å². The van der Waals surface area contributed by atoms with E-state index in [2.05, 4.69) is 79.8 Å². The van der Waals surface area contributed by atoms with Crippen molar-refractivity contribution in [3.8, 4) is 5.75 Å². The molecule has 2 nitrogen and oxygen atoms in total.